The lowest BCUT2D eigenvalue weighted by Gasteiger charge is -2.20. The van der Waals surface area contributed by atoms with Gasteiger partial charge in [-0.1, -0.05) is 25.1 Å². The van der Waals surface area contributed by atoms with Gasteiger partial charge in [-0.25, -0.2) is 4.39 Å². The van der Waals surface area contributed by atoms with Crippen molar-refractivity contribution in [3.63, 3.8) is 0 Å². The number of likely N-dealkylation sites (N-methyl/N-ethyl adjacent to an activating group) is 1. The maximum absolute atomic E-state index is 13.8. The van der Waals surface area contributed by atoms with E-state index in [1.807, 2.05) is 17.9 Å². The lowest BCUT2D eigenvalue weighted by molar-refractivity contribution is -0.117. The Labute approximate surface area is 146 Å². The number of hydrogen-bond donors (Lipinski definition) is 1. The average molecular weight is 341 g/mol. The third-order valence-corrected chi connectivity index (χ3v) is 3.76. The Kier molecular flexibility index (Phi) is 6.49. The lowest BCUT2D eigenvalue weighted by Crippen LogP contribution is -2.33. The average Bonchev–Trinajstić information content (AvgIpc) is 2.61. The number of halogens is 1. The molecular weight excluding hydrogens is 321 g/mol. The zero-order chi connectivity index (χ0) is 18.2. The minimum absolute atomic E-state index is 0.143. The van der Waals surface area contributed by atoms with E-state index in [0.29, 0.717) is 24.3 Å². The van der Waals surface area contributed by atoms with E-state index < -0.39 is 5.82 Å². The second-order valence-electron chi connectivity index (χ2n) is 5.48. The van der Waals surface area contributed by atoms with E-state index in [0.717, 1.165) is 5.56 Å². The number of hydrogen-bond acceptors (Lipinski definition) is 4. The summed E-state index contributed by atoms with van der Waals surface area (Å²) in [5.74, 6) is -0.459. The van der Waals surface area contributed by atoms with Crippen LogP contribution in [-0.4, -0.2) is 31.0 Å². The summed E-state index contributed by atoms with van der Waals surface area (Å²) in [7, 11) is 1.42. The maximum Gasteiger partial charge on any atom is 0.238 e. The summed E-state index contributed by atoms with van der Waals surface area (Å²) in [6, 6.07) is 13.6. The van der Waals surface area contributed by atoms with Gasteiger partial charge in [0.25, 0.3) is 0 Å². The van der Waals surface area contributed by atoms with Gasteiger partial charge in [-0.05, 0) is 36.4 Å². The number of amides is 1. The van der Waals surface area contributed by atoms with Crippen LogP contribution in [0.15, 0.2) is 42.5 Å². The Morgan fingerprint density at radius 3 is 2.72 bits per heavy atom. The highest BCUT2D eigenvalue weighted by Crippen LogP contribution is 2.19. The summed E-state index contributed by atoms with van der Waals surface area (Å²) in [5.41, 5.74) is 1.66. The fraction of sp³-hybridized carbons (Fsp3) is 0.263. The first-order chi connectivity index (χ1) is 12.1. The molecule has 0 saturated carbocycles. The molecule has 2 rings (SSSR count). The molecule has 0 atom stereocenters. The molecule has 5 nitrogen and oxygen atoms in total. The van der Waals surface area contributed by atoms with Crippen molar-refractivity contribution >= 4 is 11.6 Å². The fourth-order valence-electron chi connectivity index (χ4n) is 2.43. The molecule has 0 unspecified atom stereocenters. The van der Waals surface area contributed by atoms with E-state index in [-0.39, 0.29) is 18.2 Å². The number of nitrogens with zero attached hydrogens (tertiary/aromatic N) is 2. The van der Waals surface area contributed by atoms with Gasteiger partial charge >= 0.3 is 0 Å². The number of para-hydroxylation sites is 1. The van der Waals surface area contributed by atoms with Gasteiger partial charge < -0.3 is 10.1 Å². The van der Waals surface area contributed by atoms with E-state index in [1.165, 1.54) is 13.2 Å². The van der Waals surface area contributed by atoms with Gasteiger partial charge in [-0.3, -0.25) is 9.69 Å². The second kappa shape index (κ2) is 8.81. The van der Waals surface area contributed by atoms with Crippen molar-refractivity contribution in [2.24, 2.45) is 0 Å². The number of nitrogens with one attached hydrogen (secondary N) is 1. The molecule has 0 aliphatic rings. The van der Waals surface area contributed by atoms with Crippen molar-refractivity contribution in [1.29, 1.82) is 5.26 Å². The number of carbonyl (C=O) groups is 1. The lowest BCUT2D eigenvalue weighted by atomic mass is 10.2. The largest absolute Gasteiger partial charge is 0.494 e. The normalized spacial score (nSPS) is 10.4. The Bertz CT molecular complexity index is 786. The highest BCUT2D eigenvalue weighted by atomic mass is 19.1. The molecule has 6 heteroatoms. The molecule has 0 aromatic heterocycles. The van der Waals surface area contributed by atoms with Crippen LogP contribution in [0.25, 0.3) is 0 Å². The number of rotatable bonds is 7. The number of ether oxygens (including phenoxy) is 1. The molecular formula is C19H20FN3O2. The zero-order valence-electron chi connectivity index (χ0n) is 14.3. The Morgan fingerprint density at radius 2 is 2.08 bits per heavy atom. The molecule has 0 heterocycles. The predicted octanol–water partition coefficient (Wildman–Crippen LogP) is 3.17. The summed E-state index contributed by atoms with van der Waals surface area (Å²) in [5, 5.41) is 11.8. The van der Waals surface area contributed by atoms with Gasteiger partial charge in [0, 0.05) is 6.54 Å². The van der Waals surface area contributed by atoms with Crippen LogP contribution in [0.1, 0.15) is 18.1 Å². The third-order valence-electron chi connectivity index (χ3n) is 3.76. The van der Waals surface area contributed by atoms with Gasteiger partial charge in [-0.15, -0.1) is 0 Å². The van der Waals surface area contributed by atoms with Crippen LogP contribution in [0.5, 0.6) is 5.75 Å². The Hall–Kier alpha value is -2.91. The number of benzene rings is 2. The fourth-order valence-corrected chi connectivity index (χ4v) is 2.43. The zero-order valence-corrected chi connectivity index (χ0v) is 14.3. The van der Waals surface area contributed by atoms with Crippen LogP contribution >= 0.6 is 0 Å². The first-order valence-corrected chi connectivity index (χ1v) is 7.91. The number of methoxy groups -OCH3 is 1. The molecule has 25 heavy (non-hydrogen) atoms. The minimum Gasteiger partial charge on any atom is -0.494 e. The summed E-state index contributed by atoms with van der Waals surface area (Å²) >= 11 is 0. The molecule has 1 amide bonds. The summed E-state index contributed by atoms with van der Waals surface area (Å²) in [6.07, 6.45) is 0. The van der Waals surface area contributed by atoms with Crippen LogP contribution in [0, 0.1) is 17.1 Å². The number of carbonyl (C=O) groups excluding carboxylic acids is 1. The second-order valence-corrected chi connectivity index (χ2v) is 5.48. The van der Waals surface area contributed by atoms with Crippen molar-refractivity contribution < 1.29 is 13.9 Å². The molecule has 1 N–H and O–H groups in total. The molecule has 2 aromatic carbocycles. The molecule has 0 aliphatic carbocycles. The molecule has 130 valence electrons. The van der Waals surface area contributed by atoms with Gasteiger partial charge in [0.05, 0.1) is 24.9 Å². The van der Waals surface area contributed by atoms with Crippen molar-refractivity contribution in [1.82, 2.24) is 4.90 Å². The van der Waals surface area contributed by atoms with Crippen LogP contribution in [0.4, 0.5) is 10.1 Å². The molecule has 0 aliphatic heterocycles. The van der Waals surface area contributed by atoms with E-state index in [9.17, 15) is 9.18 Å². The topological polar surface area (TPSA) is 65.4 Å². The molecule has 0 saturated heterocycles. The highest BCUT2D eigenvalue weighted by Gasteiger charge is 2.13. The molecule has 0 fully saturated rings. The van der Waals surface area contributed by atoms with Crippen molar-refractivity contribution in [3.05, 3.63) is 59.4 Å². The Balaban J connectivity index is 2.00. The standard InChI is InChI=1S/C19H20FN3O2/c1-3-23(12-14-8-9-18(25-2)16(20)10-14)13-19(24)22-17-7-5-4-6-15(17)11-21/h4-10H,3,12-13H2,1-2H3,(H,22,24). The van der Waals surface area contributed by atoms with Crippen LogP contribution in [-0.2, 0) is 11.3 Å². The molecule has 0 radical (unpaired) electrons. The quantitative estimate of drug-likeness (QED) is 0.840. The van der Waals surface area contributed by atoms with Crippen LogP contribution < -0.4 is 10.1 Å². The van der Waals surface area contributed by atoms with Crippen LogP contribution in [0.2, 0.25) is 0 Å². The minimum atomic E-state index is -0.427. The van der Waals surface area contributed by atoms with Crippen molar-refractivity contribution in [3.8, 4) is 11.8 Å². The van der Waals surface area contributed by atoms with Gasteiger partial charge in [0.1, 0.15) is 6.07 Å². The Morgan fingerprint density at radius 1 is 1.32 bits per heavy atom. The SMILES string of the molecule is CCN(CC(=O)Nc1ccccc1C#N)Cc1ccc(OC)c(F)c1. The van der Waals surface area contributed by atoms with Crippen LogP contribution in [0.3, 0.4) is 0 Å². The third kappa shape index (κ3) is 5.03. The first-order valence-electron chi connectivity index (χ1n) is 7.91. The number of anilines is 1. The van der Waals surface area contributed by atoms with E-state index in [4.69, 9.17) is 10.00 Å². The van der Waals surface area contributed by atoms with E-state index in [2.05, 4.69) is 5.32 Å². The molecule has 0 spiro atoms. The van der Waals surface area contributed by atoms with E-state index >= 15 is 0 Å². The summed E-state index contributed by atoms with van der Waals surface area (Å²) in [4.78, 5) is 14.1. The molecule has 2 aromatic rings. The molecule has 0 bridgehead atoms. The summed E-state index contributed by atoms with van der Waals surface area (Å²) < 4.78 is 18.7. The van der Waals surface area contributed by atoms with Crippen molar-refractivity contribution in [2.45, 2.75) is 13.5 Å². The first kappa shape index (κ1) is 18.4. The smallest absolute Gasteiger partial charge is 0.238 e. The summed E-state index contributed by atoms with van der Waals surface area (Å²) in [6.45, 7) is 3.13. The van der Waals surface area contributed by atoms with Gasteiger partial charge in [0.15, 0.2) is 11.6 Å². The van der Waals surface area contributed by atoms with E-state index in [1.54, 1.807) is 36.4 Å². The van der Waals surface area contributed by atoms with Gasteiger partial charge in [0.2, 0.25) is 5.91 Å². The highest BCUT2D eigenvalue weighted by molar-refractivity contribution is 5.93. The maximum atomic E-state index is 13.8. The monoisotopic (exact) mass is 341 g/mol. The predicted molar refractivity (Wildman–Crippen MR) is 93.7 cm³/mol. The number of nitriles is 1. The van der Waals surface area contributed by atoms with Crippen molar-refractivity contribution in [2.75, 3.05) is 25.5 Å². The van der Waals surface area contributed by atoms with Gasteiger partial charge in [-0.2, -0.15) is 5.26 Å².